The highest BCUT2D eigenvalue weighted by atomic mass is 16.7. The van der Waals surface area contributed by atoms with E-state index in [0.717, 1.165) is 83.5 Å². The molecule has 0 aromatic heterocycles. The molecule has 0 aromatic carbocycles. The molecule has 0 amide bonds. The van der Waals surface area contributed by atoms with Gasteiger partial charge in [-0.15, -0.1) is 0 Å². The van der Waals surface area contributed by atoms with E-state index in [0.29, 0.717) is 6.42 Å². The summed E-state index contributed by atoms with van der Waals surface area (Å²) in [6.45, 7) is 3.17. The maximum absolute atomic E-state index is 12.6. The van der Waals surface area contributed by atoms with Crippen LogP contribution >= 0.6 is 0 Å². The van der Waals surface area contributed by atoms with Crippen LogP contribution in [0.25, 0.3) is 0 Å². The minimum Gasteiger partial charge on any atom is -0.462 e. The molecule has 4 N–H and O–H groups in total. The van der Waals surface area contributed by atoms with Gasteiger partial charge < -0.3 is 39.4 Å². The summed E-state index contributed by atoms with van der Waals surface area (Å²) in [6, 6.07) is 0. The molecule has 0 bridgehead atoms. The van der Waals surface area contributed by atoms with E-state index in [-0.39, 0.29) is 26.1 Å². The molecule has 1 saturated heterocycles. The number of unbranched alkanes of at least 4 members (excludes halogenated alkanes) is 9. The molecule has 1 rings (SSSR count). The van der Waals surface area contributed by atoms with Crippen LogP contribution in [-0.4, -0.2) is 89.0 Å². The van der Waals surface area contributed by atoms with Crippen LogP contribution in [0.2, 0.25) is 0 Å². The monoisotopic (exact) mass is 680 g/mol. The van der Waals surface area contributed by atoms with Crippen molar-refractivity contribution in [2.45, 2.75) is 160 Å². The van der Waals surface area contributed by atoms with E-state index in [2.05, 4.69) is 62.5 Å². The lowest BCUT2D eigenvalue weighted by atomic mass is 9.99. The summed E-state index contributed by atoms with van der Waals surface area (Å²) in [7, 11) is 0. The van der Waals surface area contributed by atoms with Gasteiger partial charge in [0, 0.05) is 12.8 Å². The first-order valence-corrected chi connectivity index (χ1v) is 18.2. The molecule has 1 aliphatic heterocycles. The number of carbonyl (C=O) groups is 2. The Bertz CT molecular complexity index is 928. The second-order valence-corrected chi connectivity index (χ2v) is 12.3. The normalized spacial score (nSPS) is 22.3. The molecule has 0 saturated carbocycles. The number of hydrogen-bond acceptors (Lipinski definition) is 10. The lowest BCUT2D eigenvalue weighted by Gasteiger charge is -2.39. The lowest BCUT2D eigenvalue weighted by molar-refractivity contribution is -0.305. The Morgan fingerprint density at radius 1 is 0.667 bits per heavy atom. The van der Waals surface area contributed by atoms with Crippen LogP contribution in [0, 0.1) is 0 Å². The maximum Gasteiger partial charge on any atom is 0.306 e. The quantitative estimate of drug-likeness (QED) is 0.0430. The van der Waals surface area contributed by atoms with Crippen LogP contribution in [0.3, 0.4) is 0 Å². The number of hydrogen-bond donors (Lipinski definition) is 4. The minimum absolute atomic E-state index is 0.201. The van der Waals surface area contributed by atoms with Crippen molar-refractivity contribution in [3.8, 4) is 0 Å². The summed E-state index contributed by atoms with van der Waals surface area (Å²) in [4.78, 5) is 25.0. The van der Waals surface area contributed by atoms with Gasteiger partial charge in [0.1, 0.15) is 31.0 Å². The number of rotatable bonds is 28. The second-order valence-electron chi connectivity index (χ2n) is 12.3. The average Bonchev–Trinajstić information content (AvgIpc) is 3.08. The third kappa shape index (κ3) is 21.6. The smallest absolute Gasteiger partial charge is 0.306 e. The highest BCUT2D eigenvalue weighted by Crippen LogP contribution is 2.22. The van der Waals surface area contributed by atoms with Crippen molar-refractivity contribution in [3.63, 3.8) is 0 Å². The van der Waals surface area contributed by atoms with Gasteiger partial charge in [-0.25, -0.2) is 0 Å². The predicted octanol–water partition coefficient (Wildman–Crippen LogP) is 6.15. The van der Waals surface area contributed by atoms with Crippen LogP contribution in [0.15, 0.2) is 48.6 Å². The molecular weight excluding hydrogens is 616 g/mol. The average molecular weight is 681 g/mol. The fourth-order valence-corrected chi connectivity index (χ4v) is 5.06. The van der Waals surface area contributed by atoms with E-state index < -0.39 is 55.4 Å². The van der Waals surface area contributed by atoms with Crippen LogP contribution < -0.4 is 0 Å². The van der Waals surface area contributed by atoms with E-state index in [1.54, 1.807) is 0 Å². The van der Waals surface area contributed by atoms with Gasteiger partial charge in [0.2, 0.25) is 0 Å². The molecule has 276 valence electrons. The molecule has 6 unspecified atom stereocenters. The summed E-state index contributed by atoms with van der Waals surface area (Å²) in [6.07, 6.45) is 24.4. The van der Waals surface area contributed by atoms with Gasteiger partial charge in [0.15, 0.2) is 12.4 Å². The fraction of sp³-hybridized carbons (Fsp3) is 0.737. The van der Waals surface area contributed by atoms with Crippen molar-refractivity contribution in [2.75, 3.05) is 19.8 Å². The summed E-state index contributed by atoms with van der Waals surface area (Å²) in [5, 5.41) is 39.8. The molecule has 1 fully saturated rings. The van der Waals surface area contributed by atoms with Gasteiger partial charge in [0.05, 0.1) is 13.2 Å². The molecule has 0 radical (unpaired) electrons. The van der Waals surface area contributed by atoms with Gasteiger partial charge in [-0.3, -0.25) is 9.59 Å². The molecule has 1 aliphatic rings. The van der Waals surface area contributed by atoms with Crippen LogP contribution in [0.1, 0.15) is 123 Å². The molecule has 6 atom stereocenters. The predicted molar refractivity (Wildman–Crippen MR) is 187 cm³/mol. The molecule has 0 aliphatic carbocycles. The summed E-state index contributed by atoms with van der Waals surface area (Å²) < 4.78 is 21.9. The first-order chi connectivity index (χ1) is 23.3. The largest absolute Gasteiger partial charge is 0.462 e. The van der Waals surface area contributed by atoms with Gasteiger partial charge in [0.25, 0.3) is 0 Å². The van der Waals surface area contributed by atoms with Crippen molar-refractivity contribution < 1.29 is 49.0 Å². The molecule has 10 nitrogen and oxygen atoms in total. The number of carbonyl (C=O) groups excluding carboxylic acids is 2. The topological polar surface area (TPSA) is 152 Å². The van der Waals surface area contributed by atoms with Crippen molar-refractivity contribution in [1.29, 1.82) is 0 Å². The van der Waals surface area contributed by atoms with Crippen LogP contribution in [0.5, 0.6) is 0 Å². The second kappa shape index (κ2) is 29.6. The number of allylic oxidation sites excluding steroid dienone is 8. The molecule has 0 aromatic rings. The zero-order chi connectivity index (χ0) is 35.2. The standard InChI is InChI=1S/C38H64O10/c1-3-5-7-9-11-12-13-14-15-16-17-18-19-20-21-23-25-27-34(41)47-31(29-45-33(40)26-24-22-10-8-6-4-2)30-46-38-37(44)36(43)35(42)32(28-39)48-38/h5,7,11-12,14-15,17-18,31-32,35-39,42-44H,3-4,6,8-10,13,16,19-30H2,1-2H3/b7-5-,12-11-,15-14-,18-17-. The molecule has 1 heterocycles. The van der Waals surface area contributed by atoms with E-state index in [1.165, 1.54) is 6.42 Å². The van der Waals surface area contributed by atoms with E-state index in [4.69, 9.17) is 18.9 Å². The van der Waals surface area contributed by atoms with Gasteiger partial charge in [-0.1, -0.05) is 107 Å². The van der Waals surface area contributed by atoms with Crippen molar-refractivity contribution in [2.24, 2.45) is 0 Å². The molecule has 48 heavy (non-hydrogen) atoms. The van der Waals surface area contributed by atoms with Crippen molar-refractivity contribution in [3.05, 3.63) is 48.6 Å². The minimum atomic E-state index is -1.60. The van der Waals surface area contributed by atoms with E-state index >= 15 is 0 Å². The summed E-state index contributed by atoms with van der Waals surface area (Å²) in [5.74, 6) is -0.851. The van der Waals surface area contributed by atoms with Crippen LogP contribution in [-0.2, 0) is 28.5 Å². The van der Waals surface area contributed by atoms with E-state index in [1.807, 2.05) is 0 Å². The lowest BCUT2D eigenvalue weighted by Crippen LogP contribution is -2.59. The van der Waals surface area contributed by atoms with Gasteiger partial charge in [-0.05, 0) is 51.4 Å². The van der Waals surface area contributed by atoms with Gasteiger partial charge >= 0.3 is 11.9 Å². The zero-order valence-corrected chi connectivity index (χ0v) is 29.5. The maximum atomic E-state index is 12.6. The fourth-order valence-electron chi connectivity index (χ4n) is 5.06. The van der Waals surface area contributed by atoms with Crippen molar-refractivity contribution in [1.82, 2.24) is 0 Å². The Labute approximate surface area is 288 Å². The third-order valence-corrected chi connectivity index (χ3v) is 7.98. The first kappa shape index (κ1) is 43.7. The SMILES string of the molecule is CC/C=C\C/C=C\C/C=C\C/C=C\CCCCCCC(=O)OC(COC(=O)CCCCCCCC)COC1OC(CO)C(O)C(O)C1O. The highest BCUT2D eigenvalue weighted by Gasteiger charge is 2.44. The Morgan fingerprint density at radius 2 is 1.23 bits per heavy atom. The Kier molecular flexibility index (Phi) is 26.9. The van der Waals surface area contributed by atoms with Gasteiger partial charge in [-0.2, -0.15) is 0 Å². The number of aliphatic hydroxyl groups is 4. The molecule has 10 heteroatoms. The summed E-state index contributed by atoms with van der Waals surface area (Å²) >= 11 is 0. The van der Waals surface area contributed by atoms with Crippen LogP contribution in [0.4, 0.5) is 0 Å². The molecule has 0 spiro atoms. The number of esters is 2. The Balaban J connectivity index is 2.40. The number of aliphatic hydroxyl groups excluding tert-OH is 4. The Hall–Kier alpha value is -2.34. The third-order valence-electron chi connectivity index (χ3n) is 7.98. The Morgan fingerprint density at radius 3 is 1.85 bits per heavy atom. The van der Waals surface area contributed by atoms with E-state index in [9.17, 15) is 30.0 Å². The molecular formula is C38H64O10. The zero-order valence-electron chi connectivity index (χ0n) is 29.5. The summed E-state index contributed by atoms with van der Waals surface area (Å²) in [5.41, 5.74) is 0. The first-order valence-electron chi connectivity index (χ1n) is 18.2. The number of ether oxygens (including phenoxy) is 4. The highest BCUT2D eigenvalue weighted by molar-refractivity contribution is 5.70. The van der Waals surface area contributed by atoms with Crippen molar-refractivity contribution >= 4 is 11.9 Å².